The molecule has 0 spiro atoms. The molecule has 142 valence electrons. The van der Waals surface area contributed by atoms with Gasteiger partial charge in [-0.1, -0.05) is 12.1 Å². The average molecular weight is 367 g/mol. The first-order valence-corrected chi connectivity index (χ1v) is 8.85. The minimum Gasteiger partial charge on any atom is -0.494 e. The van der Waals surface area contributed by atoms with Crippen LogP contribution in [0, 0.1) is 0 Å². The molecule has 0 saturated carbocycles. The summed E-state index contributed by atoms with van der Waals surface area (Å²) in [5.41, 5.74) is 2.20. The van der Waals surface area contributed by atoms with Crippen LogP contribution in [0.15, 0.2) is 54.6 Å². The van der Waals surface area contributed by atoms with Crippen LogP contribution in [0.2, 0.25) is 0 Å². The predicted octanol–water partition coefficient (Wildman–Crippen LogP) is 4.27. The summed E-state index contributed by atoms with van der Waals surface area (Å²) in [6.07, 6.45) is 3.20. The first-order valence-electron chi connectivity index (χ1n) is 8.85. The molecular weight excluding hydrogens is 342 g/mol. The Labute approximate surface area is 159 Å². The molecule has 27 heavy (non-hydrogen) atoms. The molecular formula is C21H25N3O3. The van der Waals surface area contributed by atoms with Crippen molar-refractivity contribution in [2.24, 2.45) is 0 Å². The summed E-state index contributed by atoms with van der Waals surface area (Å²) < 4.78 is 5.38. The van der Waals surface area contributed by atoms with Crippen LogP contribution in [-0.4, -0.2) is 24.6 Å². The monoisotopic (exact) mass is 367 g/mol. The first kappa shape index (κ1) is 20.0. The second kappa shape index (κ2) is 10.0. The molecule has 0 aliphatic carbocycles. The number of carbonyl (C=O) groups is 2. The molecule has 6 heteroatoms. The van der Waals surface area contributed by atoms with E-state index in [2.05, 4.69) is 16.0 Å². The molecule has 0 bridgehead atoms. The van der Waals surface area contributed by atoms with Crippen molar-refractivity contribution >= 4 is 29.4 Å². The number of rotatable bonds is 7. The van der Waals surface area contributed by atoms with Crippen LogP contribution in [0.25, 0.3) is 6.08 Å². The van der Waals surface area contributed by atoms with Crippen molar-refractivity contribution in [2.45, 2.75) is 26.8 Å². The fourth-order valence-electron chi connectivity index (χ4n) is 2.26. The first-order chi connectivity index (χ1) is 13.0. The van der Waals surface area contributed by atoms with Gasteiger partial charge in [0.05, 0.1) is 6.61 Å². The minimum absolute atomic E-state index is 0.0609. The van der Waals surface area contributed by atoms with Gasteiger partial charge in [0.1, 0.15) is 5.75 Å². The molecule has 2 aromatic carbocycles. The molecule has 0 atom stereocenters. The number of anilines is 2. The van der Waals surface area contributed by atoms with Gasteiger partial charge < -0.3 is 20.7 Å². The van der Waals surface area contributed by atoms with Crippen molar-refractivity contribution < 1.29 is 14.3 Å². The lowest BCUT2D eigenvalue weighted by Crippen LogP contribution is -2.34. The number of benzene rings is 2. The second-order valence-electron chi connectivity index (χ2n) is 6.16. The number of ether oxygens (including phenoxy) is 1. The Hall–Kier alpha value is -3.28. The fraction of sp³-hybridized carbons (Fsp3) is 0.238. The molecule has 0 heterocycles. The molecule has 0 aliphatic heterocycles. The van der Waals surface area contributed by atoms with Gasteiger partial charge in [0.2, 0.25) is 5.91 Å². The number of nitrogens with one attached hydrogen (secondary N) is 3. The van der Waals surface area contributed by atoms with E-state index in [4.69, 9.17) is 4.74 Å². The van der Waals surface area contributed by atoms with Crippen molar-refractivity contribution in [3.8, 4) is 5.75 Å². The van der Waals surface area contributed by atoms with E-state index < -0.39 is 0 Å². The van der Waals surface area contributed by atoms with Crippen LogP contribution in [-0.2, 0) is 4.79 Å². The number of urea groups is 1. The van der Waals surface area contributed by atoms with E-state index in [0.717, 1.165) is 11.3 Å². The molecule has 0 radical (unpaired) electrons. The third-order valence-electron chi connectivity index (χ3n) is 3.45. The molecule has 0 saturated heterocycles. The lowest BCUT2D eigenvalue weighted by Gasteiger charge is -2.10. The van der Waals surface area contributed by atoms with E-state index in [9.17, 15) is 9.59 Å². The van der Waals surface area contributed by atoms with Gasteiger partial charge in [0.15, 0.2) is 0 Å². The smallest absolute Gasteiger partial charge is 0.319 e. The van der Waals surface area contributed by atoms with Crippen LogP contribution in [0.3, 0.4) is 0 Å². The summed E-state index contributed by atoms with van der Waals surface area (Å²) >= 11 is 0. The summed E-state index contributed by atoms with van der Waals surface area (Å²) in [5.74, 6) is 0.567. The van der Waals surface area contributed by atoms with Crippen LogP contribution in [0.4, 0.5) is 16.2 Å². The molecule has 0 fully saturated rings. The zero-order valence-corrected chi connectivity index (χ0v) is 15.8. The largest absolute Gasteiger partial charge is 0.494 e. The Morgan fingerprint density at radius 2 is 1.56 bits per heavy atom. The fourth-order valence-corrected chi connectivity index (χ4v) is 2.26. The maximum Gasteiger partial charge on any atom is 0.319 e. The van der Waals surface area contributed by atoms with Gasteiger partial charge in [-0.05, 0) is 68.8 Å². The third kappa shape index (κ3) is 7.23. The van der Waals surface area contributed by atoms with Gasteiger partial charge in [-0.15, -0.1) is 0 Å². The van der Waals surface area contributed by atoms with Crippen molar-refractivity contribution in [1.82, 2.24) is 5.32 Å². The van der Waals surface area contributed by atoms with Gasteiger partial charge in [0, 0.05) is 23.5 Å². The summed E-state index contributed by atoms with van der Waals surface area (Å²) in [6, 6.07) is 14.2. The van der Waals surface area contributed by atoms with E-state index in [-0.39, 0.29) is 18.0 Å². The minimum atomic E-state index is -0.264. The number of hydrogen-bond acceptors (Lipinski definition) is 3. The molecule has 0 aliphatic rings. The van der Waals surface area contributed by atoms with Crippen molar-refractivity contribution in [2.75, 3.05) is 17.2 Å². The Balaban J connectivity index is 1.87. The molecule has 3 amide bonds. The SMILES string of the molecule is CCOc1ccc(/C=C/C(=O)Nc2ccc(NC(=O)NC(C)C)cc2)cc1. The standard InChI is InChI=1S/C21H25N3O3/c1-4-27-19-12-5-16(6-13-19)7-14-20(25)23-17-8-10-18(11-9-17)24-21(26)22-15(2)3/h5-15H,4H2,1-3H3,(H,23,25)(H2,22,24,26)/b14-7+. The van der Waals surface area contributed by atoms with Crippen LogP contribution in [0.1, 0.15) is 26.3 Å². The summed E-state index contributed by atoms with van der Waals surface area (Å²) in [5, 5.41) is 8.25. The van der Waals surface area contributed by atoms with Gasteiger partial charge in [-0.25, -0.2) is 4.79 Å². The second-order valence-corrected chi connectivity index (χ2v) is 6.16. The number of amides is 3. The summed E-state index contributed by atoms with van der Waals surface area (Å²) in [7, 11) is 0. The Bertz CT molecular complexity index is 781. The maximum atomic E-state index is 12.0. The summed E-state index contributed by atoms with van der Waals surface area (Å²) in [6.45, 7) is 6.33. The topological polar surface area (TPSA) is 79.5 Å². The number of carbonyl (C=O) groups excluding carboxylic acids is 2. The van der Waals surface area contributed by atoms with Crippen LogP contribution in [0.5, 0.6) is 5.75 Å². The van der Waals surface area contributed by atoms with E-state index in [1.807, 2.05) is 45.0 Å². The lowest BCUT2D eigenvalue weighted by molar-refractivity contribution is -0.111. The molecule has 0 aromatic heterocycles. The van der Waals surface area contributed by atoms with Gasteiger partial charge in [-0.3, -0.25) is 4.79 Å². The molecule has 3 N–H and O–H groups in total. The zero-order chi connectivity index (χ0) is 19.6. The van der Waals surface area contributed by atoms with Gasteiger partial charge in [0.25, 0.3) is 0 Å². The van der Waals surface area contributed by atoms with Gasteiger partial charge in [-0.2, -0.15) is 0 Å². The molecule has 2 rings (SSSR count). The maximum absolute atomic E-state index is 12.0. The van der Waals surface area contributed by atoms with E-state index >= 15 is 0 Å². The van der Waals surface area contributed by atoms with Gasteiger partial charge >= 0.3 is 6.03 Å². The lowest BCUT2D eigenvalue weighted by atomic mass is 10.2. The van der Waals surface area contributed by atoms with Crippen molar-refractivity contribution in [3.63, 3.8) is 0 Å². The Kier molecular flexibility index (Phi) is 7.43. The normalized spacial score (nSPS) is 10.7. The Morgan fingerprint density at radius 1 is 0.963 bits per heavy atom. The molecule has 6 nitrogen and oxygen atoms in total. The highest BCUT2D eigenvalue weighted by molar-refractivity contribution is 6.02. The molecule has 2 aromatic rings. The van der Waals surface area contributed by atoms with E-state index in [1.165, 1.54) is 6.08 Å². The van der Waals surface area contributed by atoms with E-state index in [1.54, 1.807) is 30.3 Å². The molecule has 0 unspecified atom stereocenters. The highest BCUT2D eigenvalue weighted by atomic mass is 16.5. The highest BCUT2D eigenvalue weighted by Crippen LogP contribution is 2.15. The van der Waals surface area contributed by atoms with Crippen molar-refractivity contribution in [1.29, 1.82) is 0 Å². The third-order valence-corrected chi connectivity index (χ3v) is 3.45. The average Bonchev–Trinajstić information content (AvgIpc) is 2.62. The van der Waals surface area contributed by atoms with Crippen LogP contribution >= 0.6 is 0 Å². The van der Waals surface area contributed by atoms with Crippen molar-refractivity contribution in [3.05, 3.63) is 60.2 Å². The highest BCUT2D eigenvalue weighted by Gasteiger charge is 2.04. The summed E-state index contributed by atoms with van der Waals surface area (Å²) in [4.78, 5) is 23.7. The zero-order valence-electron chi connectivity index (χ0n) is 15.8. The quantitative estimate of drug-likeness (QED) is 0.640. The number of hydrogen-bond donors (Lipinski definition) is 3. The van der Waals surface area contributed by atoms with E-state index in [0.29, 0.717) is 18.0 Å². The van der Waals surface area contributed by atoms with Crippen LogP contribution < -0.4 is 20.7 Å². The predicted molar refractivity (Wildman–Crippen MR) is 109 cm³/mol. The Morgan fingerprint density at radius 3 is 2.11 bits per heavy atom.